The molecule has 0 aromatic carbocycles. The molecule has 0 bridgehead atoms. The van der Waals surface area contributed by atoms with Crippen LogP contribution in [0.5, 0.6) is 0 Å². The van der Waals surface area contributed by atoms with Gasteiger partial charge in [0, 0.05) is 5.57 Å². The van der Waals surface area contributed by atoms with Gasteiger partial charge in [0.2, 0.25) is 0 Å². The molecule has 0 heterocycles. The summed E-state index contributed by atoms with van der Waals surface area (Å²) in [5.74, 6) is 0. The van der Waals surface area contributed by atoms with Crippen LogP contribution in [0.3, 0.4) is 0 Å². The molecule has 0 atom stereocenters. The van der Waals surface area contributed by atoms with Crippen LogP contribution in [0.15, 0.2) is 12.2 Å². The van der Waals surface area contributed by atoms with E-state index in [0.29, 0.717) is 0 Å². The largest absolute Gasteiger partial charge is 0.252 e. The molecule has 0 fully saturated rings. The van der Waals surface area contributed by atoms with Crippen molar-refractivity contribution in [2.75, 3.05) is 0 Å². The highest BCUT2D eigenvalue weighted by Crippen LogP contribution is 2.37. The van der Waals surface area contributed by atoms with E-state index < -0.39 is 16.4 Å². The lowest BCUT2D eigenvalue weighted by Crippen LogP contribution is -2.29. The monoisotopic (exact) mass is 206 g/mol. The van der Waals surface area contributed by atoms with Crippen molar-refractivity contribution in [2.24, 2.45) is 10.8 Å². The Labute approximate surface area is 91.7 Å². The molecule has 0 aliphatic rings. The molecule has 6 nitrogen and oxygen atoms in total. The third-order valence-corrected chi connectivity index (χ3v) is 1.91. The van der Waals surface area contributed by atoms with Crippen molar-refractivity contribution in [3.05, 3.63) is 12.2 Å². The summed E-state index contributed by atoms with van der Waals surface area (Å²) in [6.07, 6.45) is 0. The fourth-order valence-electron chi connectivity index (χ4n) is 0.836. The first-order chi connectivity index (χ1) is 7.52. The van der Waals surface area contributed by atoms with Crippen molar-refractivity contribution in [2.45, 2.75) is 0 Å². The molecule has 6 heteroatoms. The molecule has 0 aromatic heterocycles. The van der Waals surface area contributed by atoms with E-state index in [-0.39, 0.29) is 0 Å². The number of nitrogens with zero attached hydrogens (tertiary/aromatic N) is 6. The molecule has 0 saturated heterocycles. The highest BCUT2D eigenvalue weighted by molar-refractivity contribution is 5.53. The van der Waals surface area contributed by atoms with E-state index in [9.17, 15) is 0 Å². The zero-order chi connectivity index (χ0) is 12.8. The van der Waals surface area contributed by atoms with Crippen LogP contribution < -0.4 is 0 Å². The number of allylic oxidation sites excluding steroid dienone is 1. The molecule has 0 aromatic rings. The predicted molar refractivity (Wildman–Crippen MR) is 47.7 cm³/mol. The van der Waals surface area contributed by atoms with Crippen LogP contribution in [0.1, 0.15) is 0 Å². The van der Waals surface area contributed by atoms with Crippen LogP contribution in [0, 0.1) is 78.8 Å². The van der Waals surface area contributed by atoms with E-state index in [1.165, 1.54) is 36.4 Å². The molecule has 0 aliphatic carbocycles. The van der Waals surface area contributed by atoms with Crippen molar-refractivity contribution in [3.63, 3.8) is 0 Å². The lowest BCUT2D eigenvalue weighted by atomic mass is 9.71. The standard InChI is InChI=1S/C10H2N6/c1-8(9(2-11,3-12)4-13)10(5-14,6-15)7-16/h1H2. The second-order valence-corrected chi connectivity index (χ2v) is 2.65. The Morgan fingerprint density at radius 3 is 0.938 bits per heavy atom. The van der Waals surface area contributed by atoms with E-state index in [2.05, 4.69) is 6.58 Å². The molecule has 0 unspecified atom stereocenters. The van der Waals surface area contributed by atoms with E-state index in [4.69, 9.17) is 31.6 Å². The van der Waals surface area contributed by atoms with Gasteiger partial charge in [-0.15, -0.1) is 0 Å². The molecule has 0 amide bonds. The molecule has 0 aliphatic heterocycles. The quantitative estimate of drug-likeness (QED) is 0.607. The first kappa shape index (κ1) is 12.7. The maximum absolute atomic E-state index is 8.71. The summed E-state index contributed by atoms with van der Waals surface area (Å²) in [7, 11) is 0. The number of rotatable bonds is 2. The van der Waals surface area contributed by atoms with Crippen molar-refractivity contribution in [1.82, 2.24) is 0 Å². The molecule has 0 N–H and O–H groups in total. The van der Waals surface area contributed by atoms with Gasteiger partial charge in [0.1, 0.15) is 36.4 Å². The summed E-state index contributed by atoms with van der Waals surface area (Å²) in [6, 6.07) is 8.09. The molecule has 0 rings (SSSR count). The van der Waals surface area contributed by atoms with Crippen LogP contribution in [0.25, 0.3) is 0 Å². The molecule has 0 saturated carbocycles. The zero-order valence-electron chi connectivity index (χ0n) is 7.89. The fourth-order valence-corrected chi connectivity index (χ4v) is 0.836. The number of nitriles is 6. The summed E-state index contributed by atoms with van der Waals surface area (Å²) >= 11 is 0. The van der Waals surface area contributed by atoms with Crippen molar-refractivity contribution >= 4 is 0 Å². The van der Waals surface area contributed by atoms with Gasteiger partial charge in [-0.1, -0.05) is 6.58 Å². The minimum atomic E-state index is -2.37. The highest BCUT2D eigenvalue weighted by Gasteiger charge is 2.48. The highest BCUT2D eigenvalue weighted by atomic mass is 14.5. The van der Waals surface area contributed by atoms with Gasteiger partial charge in [0.15, 0.2) is 0 Å². The van der Waals surface area contributed by atoms with E-state index in [1.54, 1.807) is 0 Å². The number of hydrogen-bond acceptors (Lipinski definition) is 6. The number of hydrogen-bond donors (Lipinski definition) is 0. The van der Waals surface area contributed by atoms with Gasteiger partial charge in [0.25, 0.3) is 10.8 Å². The minimum Gasteiger partial charge on any atom is -0.195 e. The lowest BCUT2D eigenvalue weighted by Gasteiger charge is -2.18. The first-order valence-corrected chi connectivity index (χ1v) is 3.70. The average Bonchev–Trinajstić information content (AvgIpc) is 2.35. The topological polar surface area (TPSA) is 143 Å². The zero-order valence-corrected chi connectivity index (χ0v) is 7.89. The molecule has 72 valence electrons. The van der Waals surface area contributed by atoms with Crippen molar-refractivity contribution in [1.29, 1.82) is 31.6 Å². The molecule has 0 radical (unpaired) electrons. The first-order valence-electron chi connectivity index (χ1n) is 3.70. The maximum Gasteiger partial charge on any atom is 0.252 e. The van der Waals surface area contributed by atoms with E-state index in [1.807, 2.05) is 0 Å². The van der Waals surface area contributed by atoms with E-state index >= 15 is 0 Å². The van der Waals surface area contributed by atoms with Gasteiger partial charge < -0.3 is 0 Å². The maximum atomic E-state index is 8.71. The molecular formula is C10H2N6. The normalized spacial score (nSPS) is 9.12. The Morgan fingerprint density at radius 1 is 0.625 bits per heavy atom. The summed E-state index contributed by atoms with van der Waals surface area (Å²) in [6.45, 7) is 3.19. The minimum absolute atomic E-state index is 0.639. The van der Waals surface area contributed by atoms with E-state index in [0.717, 1.165) is 0 Å². The summed E-state index contributed by atoms with van der Waals surface area (Å²) in [5, 5.41) is 52.3. The Morgan fingerprint density at radius 2 is 0.812 bits per heavy atom. The average molecular weight is 206 g/mol. The van der Waals surface area contributed by atoms with Crippen molar-refractivity contribution < 1.29 is 0 Å². The van der Waals surface area contributed by atoms with Gasteiger partial charge in [0.05, 0.1) is 0 Å². The lowest BCUT2D eigenvalue weighted by molar-refractivity contribution is 0.660. The van der Waals surface area contributed by atoms with Gasteiger partial charge in [-0.2, -0.15) is 31.6 Å². The van der Waals surface area contributed by atoms with Crippen LogP contribution in [0.4, 0.5) is 0 Å². The van der Waals surface area contributed by atoms with Gasteiger partial charge in [-0.3, -0.25) is 0 Å². The van der Waals surface area contributed by atoms with Crippen LogP contribution in [-0.2, 0) is 0 Å². The van der Waals surface area contributed by atoms with Crippen LogP contribution in [-0.4, -0.2) is 0 Å². The summed E-state index contributed by atoms with van der Waals surface area (Å²) in [4.78, 5) is 0. The third kappa shape index (κ3) is 1.41. The molecular weight excluding hydrogens is 204 g/mol. The summed E-state index contributed by atoms with van der Waals surface area (Å²) < 4.78 is 0. The molecule has 16 heavy (non-hydrogen) atoms. The second-order valence-electron chi connectivity index (χ2n) is 2.65. The van der Waals surface area contributed by atoms with Crippen LogP contribution >= 0.6 is 0 Å². The summed E-state index contributed by atoms with van der Waals surface area (Å²) in [5.41, 5.74) is -5.39. The van der Waals surface area contributed by atoms with Gasteiger partial charge in [-0.05, 0) is 0 Å². The third-order valence-electron chi connectivity index (χ3n) is 1.91. The van der Waals surface area contributed by atoms with Gasteiger partial charge in [-0.25, -0.2) is 0 Å². The molecule has 0 spiro atoms. The van der Waals surface area contributed by atoms with Crippen LogP contribution in [0.2, 0.25) is 0 Å². The Bertz CT molecular complexity index is 448. The smallest absolute Gasteiger partial charge is 0.195 e. The predicted octanol–water partition coefficient (Wildman–Crippen LogP) is 0.657. The fraction of sp³-hybridized carbons (Fsp3) is 0.200. The Balaban J connectivity index is 6.00. The Kier molecular flexibility index (Phi) is 3.38. The van der Waals surface area contributed by atoms with Crippen molar-refractivity contribution in [3.8, 4) is 36.4 Å². The SMILES string of the molecule is C=C(C(C#N)(C#N)C#N)C(C#N)(C#N)C#N. The van der Waals surface area contributed by atoms with Gasteiger partial charge >= 0.3 is 0 Å². The second kappa shape index (κ2) is 4.26. The Hall–Kier alpha value is -3.32.